The van der Waals surface area contributed by atoms with Gasteiger partial charge in [-0.2, -0.15) is 24.4 Å². The molecule has 0 aromatic carbocycles. The van der Waals surface area contributed by atoms with Gasteiger partial charge in [-0.15, -0.1) is 0 Å². The van der Waals surface area contributed by atoms with Crippen molar-refractivity contribution in [1.82, 2.24) is 10.6 Å². The van der Waals surface area contributed by atoms with Crippen LogP contribution in [-0.2, 0) is 19.2 Å². The molecule has 0 aliphatic carbocycles. The third kappa shape index (κ3) is 8.93. The van der Waals surface area contributed by atoms with Crippen LogP contribution in [0.2, 0.25) is 0 Å². The number of thioether (sulfide) groups is 1. The summed E-state index contributed by atoms with van der Waals surface area (Å²) in [4.78, 5) is 46.0. The van der Waals surface area contributed by atoms with E-state index in [1.165, 1.54) is 18.7 Å². The zero-order valence-electron chi connectivity index (χ0n) is 12.8. The second-order valence-corrected chi connectivity index (χ2v) is 6.07. The minimum Gasteiger partial charge on any atom is -0.368 e. The zero-order chi connectivity index (χ0) is 17.1. The van der Waals surface area contributed by atoms with Crippen LogP contribution in [0.5, 0.6) is 0 Å². The lowest BCUT2D eigenvalue weighted by Crippen LogP contribution is -2.53. The van der Waals surface area contributed by atoms with E-state index in [9.17, 15) is 19.2 Å². The van der Waals surface area contributed by atoms with Gasteiger partial charge in [0.05, 0.1) is 5.75 Å². The van der Waals surface area contributed by atoms with Crippen molar-refractivity contribution in [2.75, 3.05) is 17.8 Å². The van der Waals surface area contributed by atoms with Crippen molar-refractivity contribution in [2.45, 2.75) is 38.3 Å². The summed E-state index contributed by atoms with van der Waals surface area (Å²) in [6.45, 7) is 1.40. The van der Waals surface area contributed by atoms with Crippen LogP contribution in [0.3, 0.4) is 0 Å². The maximum Gasteiger partial charge on any atom is 0.243 e. The Hall–Kier alpha value is -1.22. The van der Waals surface area contributed by atoms with E-state index in [0.29, 0.717) is 12.2 Å². The standard InChI is InChI=1S/C13H23N3O4S2/c1-8(17)3-4-9(12(14)19)16-13(20)10(5-6-22-2)15-11(18)7-21/h9-10,21H,3-7H2,1-2H3,(H2,14,19)(H,15,18)(H,16,20)/t9-,10-/m0/s1. The van der Waals surface area contributed by atoms with Crippen LogP contribution in [0.15, 0.2) is 0 Å². The van der Waals surface area contributed by atoms with E-state index in [2.05, 4.69) is 23.3 Å². The summed E-state index contributed by atoms with van der Waals surface area (Å²) >= 11 is 5.38. The highest BCUT2D eigenvalue weighted by Gasteiger charge is 2.25. The van der Waals surface area contributed by atoms with Gasteiger partial charge in [0.15, 0.2) is 0 Å². The summed E-state index contributed by atoms with van der Waals surface area (Å²) in [5.41, 5.74) is 5.23. The Balaban J connectivity index is 4.75. The van der Waals surface area contributed by atoms with Gasteiger partial charge in [0.1, 0.15) is 17.9 Å². The number of hydrogen-bond donors (Lipinski definition) is 4. The minimum atomic E-state index is -0.930. The molecule has 0 unspecified atom stereocenters. The quantitative estimate of drug-likeness (QED) is 0.375. The van der Waals surface area contributed by atoms with Crippen molar-refractivity contribution in [3.8, 4) is 0 Å². The van der Waals surface area contributed by atoms with Gasteiger partial charge >= 0.3 is 0 Å². The molecule has 2 atom stereocenters. The molecule has 4 N–H and O–H groups in total. The average molecular weight is 349 g/mol. The molecular weight excluding hydrogens is 326 g/mol. The van der Waals surface area contributed by atoms with Crippen LogP contribution < -0.4 is 16.4 Å². The summed E-state index contributed by atoms with van der Waals surface area (Å²) in [6, 6.07) is -1.69. The number of nitrogens with one attached hydrogen (secondary N) is 2. The van der Waals surface area contributed by atoms with E-state index in [0.717, 1.165) is 0 Å². The number of rotatable bonds is 11. The van der Waals surface area contributed by atoms with Gasteiger partial charge in [-0.05, 0) is 31.8 Å². The fraction of sp³-hybridized carbons (Fsp3) is 0.692. The molecule has 7 nitrogen and oxygen atoms in total. The van der Waals surface area contributed by atoms with Crippen LogP contribution in [-0.4, -0.2) is 53.3 Å². The van der Waals surface area contributed by atoms with Gasteiger partial charge < -0.3 is 21.2 Å². The Morgan fingerprint density at radius 2 is 1.77 bits per heavy atom. The summed E-state index contributed by atoms with van der Waals surface area (Å²) in [5.74, 6) is -1.03. The van der Waals surface area contributed by atoms with Crippen molar-refractivity contribution >= 4 is 47.9 Å². The Morgan fingerprint density at radius 3 is 2.23 bits per heavy atom. The van der Waals surface area contributed by atoms with Gasteiger partial charge in [0, 0.05) is 6.42 Å². The summed E-state index contributed by atoms with van der Waals surface area (Å²) in [7, 11) is 0. The van der Waals surface area contributed by atoms with Gasteiger partial charge in [0.2, 0.25) is 17.7 Å². The average Bonchev–Trinajstić information content (AvgIpc) is 2.46. The second-order valence-electron chi connectivity index (χ2n) is 4.76. The fourth-order valence-corrected chi connectivity index (χ4v) is 2.21. The molecule has 126 valence electrons. The highest BCUT2D eigenvalue weighted by atomic mass is 32.2. The molecule has 0 aromatic heterocycles. The van der Waals surface area contributed by atoms with Crippen molar-refractivity contribution in [1.29, 1.82) is 0 Å². The molecule has 3 amide bonds. The van der Waals surface area contributed by atoms with Crippen molar-refractivity contribution in [3.05, 3.63) is 0 Å². The lowest BCUT2D eigenvalue weighted by atomic mass is 10.1. The van der Waals surface area contributed by atoms with E-state index < -0.39 is 23.9 Å². The van der Waals surface area contributed by atoms with Crippen LogP contribution in [0, 0.1) is 0 Å². The lowest BCUT2D eigenvalue weighted by molar-refractivity contribution is -0.131. The maximum absolute atomic E-state index is 12.2. The first-order valence-electron chi connectivity index (χ1n) is 6.80. The molecule has 0 fully saturated rings. The van der Waals surface area contributed by atoms with Crippen molar-refractivity contribution in [3.63, 3.8) is 0 Å². The third-order valence-electron chi connectivity index (χ3n) is 2.85. The van der Waals surface area contributed by atoms with Crippen LogP contribution in [0.4, 0.5) is 0 Å². The van der Waals surface area contributed by atoms with Gasteiger partial charge in [-0.1, -0.05) is 0 Å². The Morgan fingerprint density at radius 1 is 1.14 bits per heavy atom. The second kappa shape index (κ2) is 11.4. The molecule has 0 saturated heterocycles. The number of amides is 3. The van der Waals surface area contributed by atoms with Crippen LogP contribution >= 0.6 is 24.4 Å². The normalized spacial score (nSPS) is 13.0. The van der Waals surface area contributed by atoms with E-state index in [1.54, 1.807) is 0 Å². The number of primary amides is 1. The first-order chi connectivity index (χ1) is 10.3. The molecule has 0 saturated carbocycles. The predicted molar refractivity (Wildman–Crippen MR) is 89.8 cm³/mol. The van der Waals surface area contributed by atoms with Gasteiger partial charge in [0.25, 0.3) is 0 Å². The van der Waals surface area contributed by atoms with Crippen LogP contribution in [0.25, 0.3) is 0 Å². The van der Waals surface area contributed by atoms with Crippen molar-refractivity contribution in [2.24, 2.45) is 5.73 Å². The molecule has 9 heteroatoms. The highest BCUT2D eigenvalue weighted by molar-refractivity contribution is 7.98. The lowest BCUT2D eigenvalue weighted by Gasteiger charge is -2.21. The maximum atomic E-state index is 12.2. The first kappa shape index (κ1) is 20.8. The molecule has 0 rings (SSSR count). The first-order valence-corrected chi connectivity index (χ1v) is 8.82. The van der Waals surface area contributed by atoms with E-state index in [1.807, 2.05) is 6.26 Å². The number of ketones is 1. The molecule has 0 spiro atoms. The third-order valence-corrected chi connectivity index (χ3v) is 3.78. The summed E-state index contributed by atoms with van der Waals surface area (Å²) in [6.07, 6.45) is 2.59. The predicted octanol–water partition coefficient (Wildman–Crippen LogP) is -0.507. The molecule has 0 aliphatic rings. The smallest absolute Gasteiger partial charge is 0.243 e. The largest absolute Gasteiger partial charge is 0.368 e. The van der Waals surface area contributed by atoms with Gasteiger partial charge in [-0.25, -0.2) is 0 Å². The summed E-state index contributed by atoms with van der Waals surface area (Å²) in [5, 5.41) is 5.05. The molecule has 0 aromatic rings. The number of carbonyl (C=O) groups is 4. The Bertz CT molecular complexity index is 418. The number of hydrogen-bond acceptors (Lipinski definition) is 6. The highest BCUT2D eigenvalue weighted by Crippen LogP contribution is 2.04. The Labute approximate surface area is 139 Å². The van der Waals surface area contributed by atoms with E-state index in [4.69, 9.17) is 5.73 Å². The van der Waals surface area contributed by atoms with E-state index in [-0.39, 0.29) is 30.3 Å². The zero-order valence-corrected chi connectivity index (χ0v) is 14.5. The fourth-order valence-electron chi connectivity index (χ4n) is 1.65. The molecule has 0 aliphatic heterocycles. The molecule has 22 heavy (non-hydrogen) atoms. The monoisotopic (exact) mass is 349 g/mol. The number of nitrogens with two attached hydrogens (primary N) is 1. The molecule has 0 bridgehead atoms. The Kier molecular flexibility index (Phi) is 10.7. The van der Waals surface area contributed by atoms with Crippen LogP contribution in [0.1, 0.15) is 26.2 Å². The number of Topliss-reactive ketones (excluding diaryl/α,β-unsaturated/α-hetero) is 1. The number of thiol groups is 1. The topological polar surface area (TPSA) is 118 Å². The minimum absolute atomic E-state index is 0.0351. The molecule has 0 heterocycles. The molecule has 0 radical (unpaired) electrons. The molecular formula is C13H23N3O4S2. The van der Waals surface area contributed by atoms with E-state index >= 15 is 0 Å². The number of carbonyl (C=O) groups excluding carboxylic acids is 4. The SMILES string of the molecule is CSCC[C@H](NC(=O)CS)C(=O)N[C@@H](CCC(C)=O)C(N)=O. The van der Waals surface area contributed by atoms with Gasteiger partial charge in [-0.3, -0.25) is 14.4 Å². The van der Waals surface area contributed by atoms with Crippen molar-refractivity contribution < 1.29 is 19.2 Å². The summed E-state index contributed by atoms with van der Waals surface area (Å²) < 4.78 is 0.